The zero-order valence-electron chi connectivity index (χ0n) is 13.8. The van der Waals surface area contributed by atoms with Gasteiger partial charge in [-0.15, -0.1) is 0 Å². The van der Waals surface area contributed by atoms with E-state index in [1.165, 1.54) is 12.3 Å². The van der Waals surface area contributed by atoms with Crippen molar-refractivity contribution in [1.82, 2.24) is 0 Å². The molecule has 126 valence electrons. The molecule has 6 heteroatoms. The van der Waals surface area contributed by atoms with Crippen LogP contribution in [0.2, 0.25) is 0 Å². The maximum absolute atomic E-state index is 12.1. The van der Waals surface area contributed by atoms with Crippen molar-refractivity contribution in [2.45, 2.75) is 26.9 Å². The average molecular weight is 329 g/mol. The predicted octanol–water partition coefficient (Wildman–Crippen LogP) is 2.62. The van der Waals surface area contributed by atoms with E-state index in [1.54, 1.807) is 38.1 Å². The van der Waals surface area contributed by atoms with Gasteiger partial charge in [0.1, 0.15) is 17.4 Å². The number of anilines is 1. The monoisotopic (exact) mass is 329 g/mol. The van der Waals surface area contributed by atoms with Crippen molar-refractivity contribution < 1.29 is 23.9 Å². The van der Waals surface area contributed by atoms with Gasteiger partial charge < -0.3 is 14.8 Å². The van der Waals surface area contributed by atoms with Crippen molar-refractivity contribution in [3.8, 4) is 0 Å². The number of cyclic esters (lactones) is 1. The smallest absolute Gasteiger partial charge is 0.348 e. The summed E-state index contributed by atoms with van der Waals surface area (Å²) >= 11 is 0. The molecule has 1 unspecified atom stereocenters. The molecule has 0 spiro atoms. The van der Waals surface area contributed by atoms with Gasteiger partial charge in [0.2, 0.25) is 0 Å². The second-order valence-electron chi connectivity index (χ2n) is 5.25. The van der Waals surface area contributed by atoms with Gasteiger partial charge in [-0.05, 0) is 45.0 Å². The lowest BCUT2D eigenvalue weighted by Gasteiger charge is -2.12. The van der Waals surface area contributed by atoms with Crippen molar-refractivity contribution in [3.05, 3.63) is 53.4 Å². The van der Waals surface area contributed by atoms with Crippen LogP contribution in [0.4, 0.5) is 5.69 Å². The fraction of sp³-hybridized carbons (Fsp3) is 0.278. The standard InChI is InChI=1S/C18H19NO5/c1-4-23-12(3)17(21)13-5-7-14(8-6-13)19-10-15-16(20)9-11(2)24-18(15)22/h5-10,12,19H,4H2,1-3H3. The number of Topliss-reactive ketones (excluding diaryl/α,β-unsaturated/α-hetero) is 1. The molecule has 0 aliphatic carbocycles. The van der Waals surface area contributed by atoms with Crippen LogP contribution >= 0.6 is 0 Å². The summed E-state index contributed by atoms with van der Waals surface area (Å²) in [6.07, 6.45) is 2.06. The Morgan fingerprint density at radius 3 is 2.54 bits per heavy atom. The SMILES string of the molecule is CCOC(C)C(=O)c1ccc(NC=C2C(=O)C=C(C)OC2=O)cc1. The second-order valence-corrected chi connectivity index (χ2v) is 5.25. The van der Waals surface area contributed by atoms with Gasteiger partial charge in [0.05, 0.1) is 0 Å². The quantitative estimate of drug-likeness (QED) is 0.374. The average Bonchev–Trinajstić information content (AvgIpc) is 2.54. The third kappa shape index (κ3) is 4.17. The molecule has 1 N–H and O–H groups in total. The van der Waals surface area contributed by atoms with Gasteiger partial charge in [-0.2, -0.15) is 0 Å². The third-order valence-electron chi connectivity index (χ3n) is 3.41. The topological polar surface area (TPSA) is 81.7 Å². The number of nitrogens with one attached hydrogen (secondary N) is 1. The molecule has 24 heavy (non-hydrogen) atoms. The zero-order chi connectivity index (χ0) is 17.7. The van der Waals surface area contributed by atoms with Crippen LogP contribution in [0.25, 0.3) is 0 Å². The first-order valence-electron chi connectivity index (χ1n) is 7.59. The van der Waals surface area contributed by atoms with Gasteiger partial charge >= 0.3 is 5.97 Å². The maximum atomic E-state index is 12.1. The number of esters is 1. The number of carbonyl (C=O) groups is 3. The van der Waals surface area contributed by atoms with Gasteiger partial charge in [0.15, 0.2) is 11.6 Å². The Kier molecular flexibility index (Phi) is 5.65. The molecule has 1 aromatic carbocycles. The van der Waals surface area contributed by atoms with Gasteiger partial charge in [-0.3, -0.25) is 9.59 Å². The molecule has 1 aromatic rings. The Bertz CT molecular complexity index is 715. The van der Waals surface area contributed by atoms with Crippen molar-refractivity contribution >= 4 is 23.2 Å². The molecule has 0 saturated carbocycles. The molecule has 1 aliphatic heterocycles. The Labute approximate surface area is 140 Å². The first kappa shape index (κ1) is 17.6. The molecular weight excluding hydrogens is 310 g/mol. The van der Waals surface area contributed by atoms with Crippen LogP contribution in [0.15, 0.2) is 47.9 Å². The molecule has 0 amide bonds. The molecule has 1 aliphatic rings. The maximum Gasteiger partial charge on any atom is 0.348 e. The summed E-state index contributed by atoms with van der Waals surface area (Å²) < 4.78 is 10.2. The summed E-state index contributed by atoms with van der Waals surface area (Å²) in [7, 11) is 0. The number of hydrogen-bond acceptors (Lipinski definition) is 6. The Hall–Kier alpha value is -2.73. The molecule has 1 heterocycles. The van der Waals surface area contributed by atoms with Crippen LogP contribution in [-0.2, 0) is 19.1 Å². The Morgan fingerprint density at radius 1 is 1.29 bits per heavy atom. The van der Waals surface area contributed by atoms with Crippen molar-refractivity contribution in [1.29, 1.82) is 0 Å². The lowest BCUT2D eigenvalue weighted by atomic mass is 10.1. The normalized spacial score (nSPS) is 17.3. The molecule has 1 atom stereocenters. The van der Waals surface area contributed by atoms with Crippen LogP contribution in [0.3, 0.4) is 0 Å². The molecule has 0 bridgehead atoms. The van der Waals surface area contributed by atoms with E-state index in [4.69, 9.17) is 9.47 Å². The number of hydrogen-bond donors (Lipinski definition) is 1. The second kappa shape index (κ2) is 7.70. The highest BCUT2D eigenvalue weighted by Crippen LogP contribution is 2.16. The molecule has 0 aromatic heterocycles. The highest BCUT2D eigenvalue weighted by Gasteiger charge is 2.24. The number of benzene rings is 1. The van der Waals surface area contributed by atoms with Crippen molar-refractivity contribution in [2.24, 2.45) is 0 Å². The number of carbonyl (C=O) groups excluding carboxylic acids is 3. The number of rotatable bonds is 6. The van der Waals surface area contributed by atoms with Crippen molar-refractivity contribution in [3.63, 3.8) is 0 Å². The highest BCUT2D eigenvalue weighted by atomic mass is 16.5. The fourth-order valence-corrected chi connectivity index (χ4v) is 2.17. The minimum Gasteiger partial charge on any atom is -0.427 e. The molecule has 0 saturated heterocycles. The van der Waals surface area contributed by atoms with E-state index in [1.807, 2.05) is 6.92 Å². The van der Waals surface area contributed by atoms with Crippen LogP contribution < -0.4 is 5.32 Å². The van der Waals surface area contributed by atoms with E-state index >= 15 is 0 Å². The summed E-state index contributed by atoms with van der Waals surface area (Å²) in [6.45, 7) is 5.55. The summed E-state index contributed by atoms with van der Waals surface area (Å²) in [5.74, 6) is -0.930. The van der Waals surface area contributed by atoms with E-state index in [2.05, 4.69) is 5.32 Å². The Morgan fingerprint density at radius 2 is 1.96 bits per heavy atom. The van der Waals surface area contributed by atoms with Crippen LogP contribution in [0, 0.1) is 0 Å². The van der Waals surface area contributed by atoms with Crippen LogP contribution in [-0.4, -0.2) is 30.2 Å². The van der Waals surface area contributed by atoms with E-state index < -0.39 is 17.9 Å². The first-order valence-corrected chi connectivity index (χ1v) is 7.59. The summed E-state index contributed by atoms with van der Waals surface area (Å²) in [6, 6.07) is 6.68. The number of allylic oxidation sites excluding steroid dienone is 2. The van der Waals surface area contributed by atoms with Crippen LogP contribution in [0.5, 0.6) is 0 Å². The Balaban J connectivity index is 2.07. The highest BCUT2D eigenvalue weighted by molar-refractivity contribution is 6.23. The largest absolute Gasteiger partial charge is 0.427 e. The number of ketones is 2. The lowest BCUT2D eigenvalue weighted by molar-refractivity contribution is -0.137. The molecule has 0 fully saturated rings. The van der Waals surface area contributed by atoms with E-state index in [0.717, 1.165) is 0 Å². The minimum absolute atomic E-state index is 0.0780. The van der Waals surface area contributed by atoms with Gasteiger partial charge in [-0.1, -0.05) is 0 Å². The number of ether oxygens (including phenoxy) is 2. The van der Waals surface area contributed by atoms with Gasteiger partial charge in [0, 0.05) is 30.1 Å². The molecule has 0 radical (unpaired) electrons. The van der Waals surface area contributed by atoms with E-state index in [9.17, 15) is 14.4 Å². The third-order valence-corrected chi connectivity index (χ3v) is 3.41. The minimum atomic E-state index is -0.690. The summed E-state index contributed by atoms with van der Waals surface area (Å²) in [5.41, 5.74) is 1.08. The molecule has 6 nitrogen and oxygen atoms in total. The summed E-state index contributed by atoms with van der Waals surface area (Å²) in [5, 5.41) is 2.86. The predicted molar refractivity (Wildman–Crippen MR) is 88.4 cm³/mol. The fourth-order valence-electron chi connectivity index (χ4n) is 2.17. The van der Waals surface area contributed by atoms with E-state index in [0.29, 0.717) is 17.9 Å². The molecule has 2 rings (SSSR count). The zero-order valence-corrected chi connectivity index (χ0v) is 13.8. The van der Waals surface area contributed by atoms with E-state index in [-0.39, 0.29) is 17.1 Å². The first-order chi connectivity index (χ1) is 11.4. The van der Waals surface area contributed by atoms with Gasteiger partial charge in [0.25, 0.3) is 0 Å². The van der Waals surface area contributed by atoms with Crippen LogP contribution in [0.1, 0.15) is 31.1 Å². The lowest BCUT2D eigenvalue weighted by Crippen LogP contribution is -2.21. The van der Waals surface area contributed by atoms with Crippen molar-refractivity contribution in [2.75, 3.05) is 11.9 Å². The van der Waals surface area contributed by atoms with Gasteiger partial charge in [-0.25, -0.2) is 4.79 Å². The molecular formula is C18H19NO5. The summed E-state index contributed by atoms with van der Waals surface area (Å²) in [4.78, 5) is 35.5.